The van der Waals surface area contributed by atoms with E-state index < -0.39 is 0 Å². The zero-order valence-electron chi connectivity index (χ0n) is 3.96. The normalized spacial score (nSPS) is 9.12. The van der Waals surface area contributed by atoms with Gasteiger partial charge in [0.05, 0.1) is 17.4 Å². The molecular weight excluding hydrogens is 124 g/mol. The lowest BCUT2D eigenvalue weighted by Gasteiger charge is -1.83. The number of H-pyrrole nitrogens is 1. The van der Waals surface area contributed by atoms with Crippen LogP contribution in [-0.2, 0) is 0 Å². The molecule has 0 saturated heterocycles. The van der Waals surface area contributed by atoms with Gasteiger partial charge in [-0.15, -0.1) is 12.6 Å². The van der Waals surface area contributed by atoms with Crippen molar-refractivity contribution in [3.8, 4) is 0 Å². The van der Waals surface area contributed by atoms with Gasteiger partial charge in [0.25, 0.3) is 5.56 Å². The Morgan fingerprint density at radius 3 is 2.75 bits per heavy atom. The van der Waals surface area contributed by atoms with Crippen LogP contribution in [0, 0.1) is 0 Å². The molecule has 0 unspecified atom stereocenters. The van der Waals surface area contributed by atoms with Gasteiger partial charge in [0.15, 0.2) is 0 Å². The topological polar surface area (TPSA) is 45.8 Å². The van der Waals surface area contributed by atoms with Crippen molar-refractivity contribution in [1.82, 2.24) is 9.97 Å². The summed E-state index contributed by atoms with van der Waals surface area (Å²) in [5.74, 6) is 0. The molecule has 1 aromatic rings. The molecule has 0 aliphatic carbocycles. The second-order valence-corrected chi connectivity index (χ2v) is 1.76. The van der Waals surface area contributed by atoms with Crippen molar-refractivity contribution in [3.05, 3.63) is 22.7 Å². The predicted octanol–water partition coefficient (Wildman–Crippen LogP) is 0.0586. The van der Waals surface area contributed by atoms with Crippen molar-refractivity contribution in [3.63, 3.8) is 0 Å². The fourth-order valence-electron chi connectivity index (χ4n) is 0.366. The summed E-state index contributed by atoms with van der Waals surface area (Å²) in [6, 6.07) is 0. The molecule has 0 saturated carbocycles. The van der Waals surface area contributed by atoms with Crippen LogP contribution in [0.1, 0.15) is 0 Å². The third-order valence-corrected chi connectivity index (χ3v) is 0.867. The Morgan fingerprint density at radius 1 is 1.62 bits per heavy atom. The highest BCUT2D eigenvalue weighted by Gasteiger charge is 1.81. The van der Waals surface area contributed by atoms with E-state index in [9.17, 15) is 4.79 Å². The molecule has 1 N–H and O–H groups in total. The Labute approximate surface area is 51.2 Å². The minimum atomic E-state index is -0.225. The lowest BCUT2D eigenvalue weighted by Crippen LogP contribution is -2.03. The average molecular weight is 128 g/mol. The maximum absolute atomic E-state index is 10.3. The van der Waals surface area contributed by atoms with Gasteiger partial charge >= 0.3 is 0 Å². The van der Waals surface area contributed by atoms with Crippen LogP contribution in [-0.4, -0.2) is 9.97 Å². The zero-order chi connectivity index (χ0) is 5.98. The van der Waals surface area contributed by atoms with E-state index in [1.807, 2.05) is 0 Å². The SMILES string of the molecule is O=c1cncc(S)[nH]1. The molecule has 0 aromatic carbocycles. The Balaban J connectivity index is 3.28. The Bertz CT molecular complexity index is 231. The third kappa shape index (κ3) is 1.10. The Morgan fingerprint density at radius 2 is 2.38 bits per heavy atom. The fraction of sp³-hybridized carbons (Fsp3) is 0. The summed E-state index contributed by atoms with van der Waals surface area (Å²) in [6.07, 6.45) is 2.66. The van der Waals surface area contributed by atoms with Gasteiger partial charge in [0, 0.05) is 0 Å². The molecule has 0 bridgehead atoms. The molecule has 42 valence electrons. The second-order valence-electron chi connectivity index (χ2n) is 1.28. The van der Waals surface area contributed by atoms with Gasteiger partial charge in [-0.1, -0.05) is 0 Å². The second kappa shape index (κ2) is 2.00. The van der Waals surface area contributed by atoms with Crippen molar-refractivity contribution in [1.29, 1.82) is 0 Å². The molecule has 1 aromatic heterocycles. The summed E-state index contributed by atoms with van der Waals surface area (Å²) in [5, 5.41) is 0.484. The van der Waals surface area contributed by atoms with E-state index in [1.54, 1.807) is 0 Å². The summed E-state index contributed by atoms with van der Waals surface area (Å²) in [5.41, 5.74) is -0.225. The minimum absolute atomic E-state index is 0.225. The van der Waals surface area contributed by atoms with E-state index in [-0.39, 0.29) is 5.56 Å². The maximum Gasteiger partial charge on any atom is 0.267 e. The van der Waals surface area contributed by atoms with Crippen LogP contribution in [0.2, 0.25) is 0 Å². The molecule has 3 nitrogen and oxygen atoms in total. The Hall–Kier alpha value is -0.770. The molecule has 0 amide bonds. The van der Waals surface area contributed by atoms with Crippen molar-refractivity contribution in [2.75, 3.05) is 0 Å². The molecule has 0 fully saturated rings. The summed E-state index contributed by atoms with van der Waals surface area (Å²) < 4.78 is 0. The number of hydrogen-bond acceptors (Lipinski definition) is 3. The first-order chi connectivity index (χ1) is 3.79. The van der Waals surface area contributed by atoms with E-state index in [0.717, 1.165) is 0 Å². The first-order valence-corrected chi connectivity index (χ1v) is 2.47. The first-order valence-electron chi connectivity index (χ1n) is 2.02. The zero-order valence-corrected chi connectivity index (χ0v) is 4.85. The molecule has 4 heteroatoms. The van der Waals surface area contributed by atoms with Crippen LogP contribution in [0.15, 0.2) is 22.2 Å². The molecule has 1 rings (SSSR count). The summed E-state index contributed by atoms with van der Waals surface area (Å²) in [6.45, 7) is 0. The van der Waals surface area contributed by atoms with E-state index in [4.69, 9.17) is 0 Å². The van der Waals surface area contributed by atoms with Crippen LogP contribution in [0.5, 0.6) is 0 Å². The number of aromatic amines is 1. The van der Waals surface area contributed by atoms with Crippen LogP contribution >= 0.6 is 12.6 Å². The van der Waals surface area contributed by atoms with Gasteiger partial charge in [-0.05, 0) is 0 Å². The molecule has 0 aliphatic rings. The number of rotatable bonds is 0. The molecule has 0 atom stereocenters. The van der Waals surface area contributed by atoms with Crippen molar-refractivity contribution in [2.24, 2.45) is 0 Å². The molecular formula is C4H4N2OS. The number of nitrogens with zero attached hydrogens (tertiary/aromatic N) is 1. The lowest BCUT2D eigenvalue weighted by molar-refractivity contribution is 1.01. The quantitative estimate of drug-likeness (QED) is 0.485. The van der Waals surface area contributed by atoms with E-state index in [2.05, 4.69) is 22.6 Å². The predicted molar refractivity (Wildman–Crippen MR) is 32.1 cm³/mol. The number of nitrogens with one attached hydrogen (secondary N) is 1. The number of aromatic nitrogens is 2. The van der Waals surface area contributed by atoms with Crippen molar-refractivity contribution >= 4 is 12.6 Å². The van der Waals surface area contributed by atoms with Gasteiger partial charge in [0.2, 0.25) is 0 Å². The Kier molecular flexibility index (Phi) is 1.34. The van der Waals surface area contributed by atoms with Crippen molar-refractivity contribution < 1.29 is 0 Å². The van der Waals surface area contributed by atoms with Crippen LogP contribution in [0.25, 0.3) is 0 Å². The average Bonchev–Trinajstić information content (AvgIpc) is 1.64. The highest BCUT2D eigenvalue weighted by Crippen LogP contribution is 1.89. The summed E-state index contributed by atoms with van der Waals surface area (Å²) in [4.78, 5) is 16.3. The van der Waals surface area contributed by atoms with Gasteiger partial charge < -0.3 is 4.98 Å². The highest BCUT2D eigenvalue weighted by molar-refractivity contribution is 7.80. The summed E-state index contributed by atoms with van der Waals surface area (Å²) in [7, 11) is 0. The molecule has 1 heterocycles. The fourth-order valence-corrected chi connectivity index (χ4v) is 0.543. The van der Waals surface area contributed by atoms with Crippen LogP contribution < -0.4 is 5.56 Å². The monoisotopic (exact) mass is 128 g/mol. The van der Waals surface area contributed by atoms with Gasteiger partial charge in [-0.25, -0.2) is 0 Å². The third-order valence-electron chi connectivity index (χ3n) is 0.640. The molecule has 8 heavy (non-hydrogen) atoms. The van der Waals surface area contributed by atoms with Crippen LogP contribution in [0.4, 0.5) is 0 Å². The van der Waals surface area contributed by atoms with Gasteiger partial charge in [-0.3, -0.25) is 9.78 Å². The smallest absolute Gasteiger partial charge is 0.267 e. The minimum Gasteiger partial charge on any atom is -0.315 e. The van der Waals surface area contributed by atoms with Crippen LogP contribution in [0.3, 0.4) is 0 Å². The van der Waals surface area contributed by atoms with Crippen molar-refractivity contribution in [2.45, 2.75) is 5.03 Å². The van der Waals surface area contributed by atoms with Gasteiger partial charge in [-0.2, -0.15) is 0 Å². The molecule has 0 aliphatic heterocycles. The summed E-state index contributed by atoms with van der Waals surface area (Å²) >= 11 is 3.84. The number of hydrogen-bond donors (Lipinski definition) is 2. The first kappa shape index (κ1) is 5.37. The molecule has 0 radical (unpaired) electrons. The largest absolute Gasteiger partial charge is 0.315 e. The standard InChI is InChI=1S/C4H4N2OS/c7-3-1-5-2-4(8)6-3/h1-2H,(H2,6,7,8). The maximum atomic E-state index is 10.3. The van der Waals surface area contributed by atoms with E-state index in [0.29, 0.717) is 5.03 Å². The number of thiol groups is 1. The van der Waals surface area contributed by atoms with E-state index >= 15 is 0 Å². The van der Waals surface area contributed by atoms with E-state index in [1.165, 1.54) is 12.4 Å². The molecule has 0 spiro atoms. The highest BCUT2D eigenvalue weighted by atomic mass is 32.1. The lowest BCUT2D eigenvalue weighted by atomic mass is 10.7. The van der Waals surface area contributed by atoms with Gasteiger partial charge in [0.1, 0.15) is 0 Å².